The molecular formula is C13H10ClFN2S. The van der Waals surface area contributed by atoms with Crippen molar-refractivity contribution in [2.75, 3.05) is 0 Å². The smallest absolute Gasteiger partial charge is 0.127 e. The number of nitriles is 1. The van der Waals surface area contributed by atoms with E-state index in [1.54, 1.807) is 6.07 Å². The van der Waals surface area contributed by atoms with Crippen molar-refractivity contribution in [1.29, 1.82) is 5.26 Å². The summed E-state index contributed by atoms with van der Waals surface area (Å²) in [6, 6.07) is 10.1. The predicted octanol–water partition coefficient (Wildman–Crippen LogP) is 3.70. The third kappa shape index (κ3) is 3.30. The van der Waals surface area contributed by atoms with Crippen LogP contribution >= 0.6 is 22.9 Å². The molecule has 0 spiro atoms. The first-order valence-electron chi connectivity index (χ1n) is 5.32. The summed E-state index contributed by atoms with van der Waals surface area (Å²) < 4.78 is 14.2. The van der Waals surface area contributed by atoms with Crippen LogP contribution in [0.15, 0.2) is 30.3 Å². The number of hydrogen-bond acceptors (Lipinski definition) is 3. The van der Waals surface area contributed by atoms with Gasteiger partial charge in [-0.3, -0.25) is 0 Å². The lowest BCUT2D eigenvalue weighted by Gasteiger charge is -2.05. The molecule has 0 atom stereocenters. The molecule has 0 unspecified atom stereocenters. The molecule has 1 aromatic heterocycles. The van der Waals surface area contributed by atoms with Crippen molar-refractivity contribution >= 4 is 22.9 Å². The van der Waals surface area contributed by atoms with Crippen LogP contribution in [0.3, 0.4) is 0 Å². The maximum Gasteiger partial charge on any atom is 0.127 e. The van der Waals surface area contributed by atoms with Crippen molar-refractivity contribution in [2.45, 2.75) is 13.1 Å². The molecular weight excluding hydrogens is 271 g/mol. The summed E-state index contributed by atoms with van der Waals surface area (Å²) in [5, 5.41) is 11.9. The standard InChI is InChI=1S/C13H10ClFN2S/c14-13-4-2-11(18-13)8-17-7-10-5-9(6-16)1-3-12(10)15/h1-5,17H,7-8H2. The fourth-order valence-electron chi connectivity index (χ4n) is 1.55. The highest BCUT2D eigenvalue weighted by molar-refractivity contribution is 7.16. The lowest BCUT2D eigenvalue weighted by molar-refractivity contribution is 0.589. The van der Waals surface area contributed by atoms with Crippen LogP contribution in [0.5, 0.6) is 0 Å². The zero-order valence-corrected chi connectivity index (χ0v) is 11.0. The van der Waals surface area contributed by atoms with E-state index in [0.717, 1.165) is 9.21 Å². The fourth-order valence-corrected chi connectivity index (χ4v) is 2.60. The topological polar surface area (TPSA) is 35.8 Å². The lowest BCUT2D eigenvalue weighted by atomic mass is 10.1. The van der Waals surface area contributed by atoms with E-state index in [4.69, 9.17) is 16.9 Å². The Balaban J connectivity index is 1.96. The second kappa shape index (κ2) is 5.96. The van der Waals surface area contributed by atoms with Gasteiger partial charge < -0.3 is 5.32 Å². The molecule has 0 aliphatic carbocycles. The Morgan fingerprint density at radius 3 is 2.78 bits per heavy atom. The Morgan fingerprint density at radius 2 is 2.11 bits per heavy atom. The molecule has 2 aromatic rings. The van der Waals surface area contributed by atoms with Gasteiger partial charge in [-0.25, -0.2) is 4.39 Å². The van der Waals surface area contributed by atoms with Gasteiger partial charge in [0, 0.05) is 23.5 Å². The normalized spacial score (nSPS) is 10.3. The second-order valence-corrected chi connectivity index (χ2v) is 5.53. The molecule has 2 rings (SSSR count). The summed E-state index contributed by atoms with van der Waals surface area (Å²) in [6.45, 7) is 1.02. The number of rotatable bonds is 4. The molecule has 1 heterocycles. The van der Waals surface area contributed by atoms with Crippen LogP contribution in [0.4, 0.5) is 4.39 Å². The van der Waals surface area contributed by atoms with E-state index in [9.17, 15) is 4.39 Å². The maximum absolute atomic E-state index is 13.5. The van der Waals surface area contributed by atoms with Crippen LogP contribution in [0.1, 0.15) is 16.0 Å². The van der Waals surface area contributed by atoms with Crippen molar-refractivity contribution in [2.24, 2.45) is 0 Å². The molecule has 0 aliphatic heterocycles. The van der Waals surface area contributed by atoms with E-state index in [1.807, 2.05) is 18.2 Å². The number of nitrogens with one attached hydrogen (secondary N) is 1. The molecule has 92 valence electrons. The second-order valence-electron chi connectivity index (χ2n) is 3.73. The molecule has 1 aromatic carbocycles. The van der Waals surface area contributed by atoms with Gasteiger partial charge in [-0.2, -0.15) is 5.26 Å². The summed E-state index contributed by atoms with van der Waals surface area (Å²) in [5.41, 5.74) is 0.962. The molecule has 0 bridgehead atoms. The Bertz CT molecular complexity index is 589. The third-order valence-electron chi connectivity index (χ3n) is 2.42. The fraction of sp³-hybridized carbons (Fsp3) is 0.154. The van der Waals surface area contributed by atoms with E-state index in [1.165, 1.54) is 23.5 Å². The van der Waals surface area contributed by atoms with Crippen molar-refractivity contribution in [3.8, 4) is 6.07 Å². The Hall–Kier alpha value is -1.41. The van der Waals surface area contributed by atoms with Gasteiger partial charge in [0.1, 0.15) is 5.82 Å². The average Bonchev–Trinajstić information content (AvgIpc) is 2.77. The minimum absolute atomic E-state index is 0.300. The van der Waals surface area contributed by atoms with Gasteiger partial charge in [0.15, 0.2) is 0 Å². The molecule has 0 radical (unpaired) electrons. The predicted molar refractivity (Wildman–Crippen MR) is 71.0 cm³/mol. The number of hydrogen-bond donors (Lipinski definition) is 1. The number of benzene rings is 1. The van der Waals surface area contributed by atoms with E-state index in [-0.39, 0.29) is 5.82 Å². The van der Waals surface area contributed by atoms with E-state index >= 15 is 0 Å². The quantitative estimate of drug-likeness (QED) is 0.927. The molecule has 18 heavy (non-hydrogen) atoms. The van der Waals surface area contributed by atoms with Gasteiger partial charge in [-0.1, -0.05) is 11.6 Å². The first-order valence-corrected chi connectivity index (χ1v) is 6.52. The lowest BCUT2D eigenvalue weighted by Crippen LogP contribution is -2.13. The van der Waals surface area contributed by atoms with Crippen molar-refractivity contribution in [3.05, 3.63) is 56.5 Å². The highest BCUT2D eigenvalue weighted by atomic mass is 35.5. The first-order chi connectivity index (χ1) is 8.69. The van der Waals surface area contributed by atoms with Crippen LogP contribution in [0, 0.1) is 17.1 Å². The van der Waals surface area contributed by atoms with Gasteiger partial charge in [0.2, 0.25) is 0 Å². The summed E-state index contributed by atoms with van der Waals surface area (Å²) in [4.78, 5) is 1.09. The van der Waals surface area contributed by atoms with Gasteiger partial charge in [-0.05, 0) is 30.3 Å². The third-order valence-corrected chi connectivity index (χ3v) is 3.65. The van der Waals surface area contributed by atoms with E-state index < -0.39 is 0 Å². The number of thiophene rings is 1. The van der Waals surface area contributed by atoms with Crippen LogP contribution in [-0.4, -0.2) is 0 Å². The molecule has 0 aliphatic rings. The van der Waals surface area contributed by atoms with Gasteiger partial charge in [-0.15, -0.1) is 11.3 Å². The van der Waals surface area contributed by atoms with Crippen LogP contribution in [0.25, 0.3) is 0 Å². The molecule has 0 amide bonds. The van der Waals surface area contributed by atoms with E-state index in [2.05, 4.69) is 5.32 Å². The van der Waals surface area contributed by atoms with E-state index in [0.29, 0.717) is 24.2 Å². The van der Waals surface area contributed by atoms with Crippen molar-refractivity contribution in [3.63, 3.8) is 0 Å². The van der Waals surface area contributed by atoms with Crippen LogP contribution < -0.4 is 5.32 Å². The zero-order valence-electron chi connectivity index (χ0n) is 9.41. The zero-order chi connectivity index (χ0) is 13.0. The first kappa shape index (κ1) is 13.0. The summed E-state index contributed by atoms with van der Waals surface area (Å²) in [5.74, 6) is -0.300. The number of halogens is 2. The molecule has 2 nitrogen and oxygen atoms in total. The molecule has 5 heteroatoms. The Kier molecular flexibility index (Phi) is 4.32. The summed E-state index contributed by atoms with van der Waals surface area (Å²) >= 11 is 7.31. The molecule has 0 saturated heterocycles. The molecule has 0 fully saturated rings. The minimum atomic E-state index is -0.300. The van der Waals surface area contributed by atoms with Gasteiger partial charge >= 0.3 is 0 Å². The monoisotopic (exact) mass is 280 g/mol. The maximum atomic E-state index is 13.5. The van der Waals surface area contributed by atoms with Crippen LogP contribution in [0.2, 0.25) is 4.34 Å². The minimum Gasteiger partial charge on any atom is -0.308 e. The summed E-state index contributed by atoms with van der Waals surface area (Å²) in [7, 11) is 0. The van der Waals surface area contributed by atoms with Crippen molar-refractivity contribution < 1.29 is 4.39 Å². The molecule has 0 saturated carbocycles. The highest BCUT2D eigenvalue weighted by Crippen LogP contribution is 2.21. The van der Waals surface area contributed by atoms with Gasteiger partial charge in [0.25, 0.3) is 0 Å². The summed E-state index contributed by atoms with van der Waals surface area (Å²) in [6.07, 6.45) is 0. The number of nitrogens with zero attached hydrogens (tertiary/aromatic N) is 1. The Labute approximate surface area is 114 Å². The Morgan fingerprint density at radius 1 is 1.28 bits per heavy atom. The molecule has 1 N–H and O–H groups in total. The average molecular weight is 281 g/mol. The largest absolute Gasteiger partial charge is 0.308 e. The van der Waals surface area contributed by atoms with Crippen LogP contribution in [-0.2, 0) is 13.1 Å². The van der Waals surface area contributed by atoms with Crippen molar-refractivity contribution in [1.82, 2.24) is 5.32 Å². The highest BCUT2D eigenvalue weighted by Gasteiger charge is 2.04. The van der Waals surface area contributed by atoms with Gasteiger partial charge in [0.05, 0.1) is 16.0 Å². The SMILES string of the molecule is N#Cc1ccc(F)c(CNCc2ccc(Cl)s2)c1.